The molecular formula is C22H21N3O4. The highest BCUT2D eigenvalue weighted by Crippen LogP contribution is 2.20. The first-order valence-corrected chi connectivity index (χ1v) is 9.08. The van der Waals surface area contributed by atoms with Gasteiger partial charge in [-0.1, -0.05) is 0 Å². The number of aromatic nitrogens is 2. The minimum Gasteiger partial charge on any atom is -0.497 e. The fraction of sp³-hybridized carbons (Fsp3) is 0.182. The van der Waals surface area contributed by atoms with Crippen LogP contribution in [0.4, 0.5) is 5.69 Å². The molecule has 0 aliphatic heterocycles. The molecule has 0 fully saturated rings. The maximum atomic E-state index is 12.6. The second-order valence-electron chi connectivity index (χ2n) is 6.17. The van der Waals surface area contributed by atoms with Gasteiger partial charge in [-0.25, -0.2) is 14.8 Å². The lowest BCUT2D eigenvalue weighted by molar-refractivity contribution is 0.0526. The fourth-order valence-corrected chi connectivity index (χ4v) is 2.67. The summed E-state index contributed by atoms with van der Waals surface area (Å²) in [5.41, 5.74) is 2.74. The summed E-state index contributed by atoms with van der Waals surface area (Å²) in [4.78, 5) is 33.0. The lowest BCUT2D eigenvalue weighted by Gasteiger charge is -2.09. The number of carbonyl (C=O) groups excluding carboxylic acids is 2. The predicted octanol–water partition coefficient (Wildman–Crippen LogP) is 3.89. The number of benzene rings is 2. The van der Waals surface area contributed by atoms with Gasteiger partial charge in [0, 0.05) is 17.4 Å². The van der Waals surface area contributed by atoms with Crippen molar-refractivity contribution in [2.45, 2.75) is 13.8 Å². The van der Waals surface area contributed by atoms with Crippen molar-refractivity contribution in [2.75, 3.05) is 19.0 Å². The molecule has 1 amide bonds. The van der Waals surface area contributed by atoms with Crippen LogP contribution in [0.1, 0.15) is 33.3 Å². The second-order valence-corrected chi connectivity index (χ2v) is 6.17. The van der Waals surface area contributed by atoms with Crippen LogP contribution in [-0.4, -0.2) is 35.6 Å². The van der Waals surface area contributed by atoms with E-state index in [1.807, 2.05) is 24.3 Å². The van der Waals surface area contributed by atoms with Crippen LogP contribution in [0.3, 0.4) is 0 Å². The van der Waals surface area contributed by atoms with Crippen molar-refractivity contribution in [3.8, 4) is 17.1 Å². The molecule has 0 unspecified atom stereocenters. The van der Waals surface area contributed by atoms with Gasteiger partial charge in [0.05, 0.1) is 30.5 Å². The van der Waals surface area contributed by atoms with Crippen LogP contribution in [0, 0.1) is 6.92 Å². The molecule has 0 atom stereocenters. The maximum absolute atomic E-state index is 12.6. The highest BCUT2D eigenvalue weighted by atomic mass is 16.5. The first-order chi connectivity index (χ1) is 14.0. The second kappa shape index (κ2) is 8.97. The molecule has 2 aromatic carbocycles. The Balaban J connectivity index is 1.73. The Morgan fingerprint density at radius 1 is 1.03 bits per heavy atom. The Bertz CT molecular complexity index is 1020. The summed E-state index contributed by atoms with van der Waals surface area (Å²) in [5, 5.41) is 2.78. The number of ether oxygens (including phenoxy) is 2. The molecule has 0 radical (unpaired) electrons. The van der Waals surface area contributed by atoms with E-state index >= 15 is 0 Å². The van der Waals surface area contributed by atoms with E-state index in [-0.39, 0.29) is 5.91 Å². The van der Waals surface area contributed by atoms with Crippen molar-refractivity contribution >= 4 is 17.6 Å². The third kappa shape index (κ3) is 4.76. The molecule has 148 valence electrons. The van der Waals surface area contributed by atoms with Crippen molar-refractivity contribution in [3.63, 3.8) is 0 Å². The molecule has 0 spiro atoms. The molecule has 1 heterocycles. The van der Waals surface area contributed by atoms with E-state index in [1.165, 1.54) is 6.20 Å². The van der Waals surface area contributed by atoms with E-state index in [1.54, 1.807) is 45.2 Å². The van der Waals surface area contributed by atoms with E-state index < -0.39 is 5.97 Å². The van der Waals surface area contributed by atoms with Gasteiger partial charge in [0.1, 0.15) is 5.75 Å². The topological polar surface area (TPSA) is 90.4 Å². The molecule has 3 aromatic rings. The monoisotopic (exact) mass is 391 g/mol. The first kappa shape index (κ1) is 20.0. The average molecular weight is 391 g/mol. The molecule has 7 heteroatoms. The average Bonchev–Trinajstić information content (AvgIpc) is 2.74. The number of amides is 1. The third-order valence-electron chi connectivity index (χ3n) is 4.23. The zero-order chi connectivity index (χ0) is 20.8. The SMILES string of the molecule is CCOC(=O)c1ccc(NC(=O)c2cnc(-c3ccc(OC)cc3)nc2C)cc1. The molecule has 1 aromatic heterocycles. The van der Waals surface area contributed by atoms with Crippen LogP contribution in [-0.2, 0) is 4.74 Å². The van der Waals surface area contributed by atoms with Gasteiger partial charge in [-0.05, 0) is 62.4 Å². The standard InChI is InChI=1S/C22H21N3O4/c1-4-29-22(27)16-5-9-17(10-6-16)25-21(26)19-13-23-20(24-14(19)2)15-7-11-18(28-3)12-8-15/h5-13H,4H2,1-3H3,(H,25,26). The van der Waals surface area contributed by atoms with Gasteiger partial charge < -0.3 is 14.8 Å². The molecule has 0 saturated carbocycles. The van der Waals surface area contributed by atoms with Gasteiger partial charge in [0.15, 0.2) is 5.82 Å². The first-order valence-electron chi connectivity index (χ1n) is 9.08. The van der Waals surface area contributed by atoms with Gasteiger partial charge in [-0.2, -0.15) is 0 Å². The van der Waals surface area contributed by atoms with Crippen LogP contribution < -0.4 is 10.1 Å². The number of nitrogens with one attached hydrogen (secondary N) is 1. The van der Waals surface area contributed by atoms with Crippen molar-refractivity contribution in [3.05, 3.63) is 71.5 Å². The van der Waals surface area contributed by atoms with Crippen LogP contribution >= 0.6 is 0 Å². The van der Waals surface area contributed by atoms with Gasteiger partial charge in [0.2, 0.25) is 0 Å². The largest absolute Gasteiger partial charge is 0.497 e. The Labute approximate surface area is 168 Å². The van der Waals surface area contributed by atoms with Crippen LogP contribution in [0.2, 0.25) is 0 Å². The molecule has 0 aliphatic carbocycles. The van der Waals surface area contributed by atoms with Crippen LogP contribution in [0.5, 0.6) is 5.75 Å². The number of nitrogens with zero attached hydrogens (tertiary/aromatic N) is 2. The Hall–Kier alpha value is -3.74. The van der Waals surface area contributed by atoms with E-state index in [0.29, 0.717) is 34.9 Å². The Morgan fingerprint density at radius 2 is 1.72 bits per heavy atom. The molecule has 0 bridgehead atoms. The lowest BCUT2D eigenvalue weighted by atomic mass is 10.1. The number of rotatable bonds is 6. The summed E-state index contributed by atoms with van der Waals surface area (Å²) in [6, 6.07) is 13.9. The molecule has 29 heavy (non-hydrogen) atoms. The summed E-state index contributed by atoms with van der Waals surface area (Å²) in [5.74, 6) is 0.548. The molecule has 3 rings (SSSR count). The Morgan fingerprint density at radius 3 is 2.31 bits per heavy atom. The summed E-state index contributed by atoms with van der Waals surface area (Å²) >= 11 is 0. The minimum absolute atomic E-state index is 0.309. The normalized spacial score (nSPS) is 10.3. The van der Waals surface area contributed by atoms with Crippen LogP contribution in [0.25, 0.3) is 11.4 Å². The Kier molecular flexibility index (Phi) is 6.19. The predicted molar refractivity (Wildman–Crippen MR) is 109 cm³/mol. The number of hydrogen-bond acceptors (Lipinski definition) is 6. The molecule has 0 saturated heterocycles. The van der Waals surface area contributed by atoms with Gasteiger partial charge in [-0.3, -0.25) is 4.79 Å². The third-order valence-corrected chi connectivity index (χ3v) is 4.23. The number of carbonyl (C=O) groups is 2. The van der Waals surface area contributed by atoms with Crippen LogP contribution in [0.15, 0.2) is 54.7 Å². The van der Waals surface area contributed by atoms with Gasteiger partial charge in [0.25, 0.3) is 5.91 Å². The zero-order valence-electron chi connectivity index (χ0n) is 16.4. The number of aryl methyl sites for hydroxylation is 1. The summed E-state index contributed by atoms with van der Waals surface area (Å²) in [6.07, 6.45) is 1.50. The number of anilines is 1. The van der Waals surface area contributed by atoms with E-state index in [2.05, 4.69) is 15.3 Å². The fourth-order valence-electron chi connectivity index (χ4n) is 2.67. The summed E-state index contributed by atoms with van der Waals surface area (Å²) in [7, 11) is 1.60. The van der Waals surface area contributed by atoms with Gasteiger partial charge in [-0.15, -0.1) is 0 Å². The highest BCUT2D eigenvalue weighted by Gasteiger charge is 2.14. The number of hydrogen-bond donors (Lipinski definition) is 1. The number of esters is 1. The molecule has 1 N–H and O–H groups in total. The van der Waals surface area contributed by atoms with E-state index in [0.717, 1.165) is 11.3 Å². The van der Waals surface area contributed by atoms with Crippen molar-refractivity contribution in [1.29, 1.82) is 0 Å². The van der Waals surface area contributed by atoms with E-state index in [9.17, 15) is 9.59 Å². The molecule has 0 aliphatic rings. The molecule has 7 nitrogen and oxygen atoms in total. The maximum Gasteiger partial charge on any atom is 0.338 e. The van der Waals surface area contributed by atoms with Crippen molar-refractivity contribution in [1.82, 2.24) is 9.97 Å². The number of methoxy groups -OCH3 is 1. The smallest absolute Gasteiger partial charge is 0.338 e. The minimum atomic E-state index is -0.399. The summed E-state index contributed by atoms with van der Waals surface area (Å²) < 4.78 is 10.1. The van der Waals surface area contributed by atoms with E-state index in [4.69, 9.17) is 9.47 Å². The highest BCUT2D eigenvalue weighted by molar-refractivity contribution is 6.05. The quantitative estimate of drug-likeness (QED) is 0.641. The zero-order valence-corrected chi connectivity index (χ0v) is 16.4. The van der Waals surface area contributed by atoms with Crippen molar-refractivity contribution < 1.29 is 19.1 Å². The summed E-state index contributed by atoms with van der Waals surface area (Å²) in [6.45, 7) is 3.81. The van der Waals surface area contributed by atoms with Crippen molar-refractivity contribution in [2.24, 2.45) is 0 Å². The molecular weight excluding hydrogens is 370 g/mol. The lowest BCUT2D eigenvalue weighted by Crippen LogP contribution is -2.15. The van der Waals surface area contributed by atoms with Gasteiger partial charge >= 0.3 is 5.97 Å².